The van der Waals surface area contributed by atoms with Crippen molar-refractivity contribution in [1.29, 1.82) is 0 Å². The summed E-state index contributed by atoms with van der Waals surface area (Å²) in [5.74, 6) is -0.619. The highest BCUT2D eigenvalue weighted by Gasteiger charge is 2.30. The molecule has 37 heavy (non-hydrogen) atoms. The molecule has 4 aromatic rings. The van der Waals surface area contributed by atoms with E-state index in [9.17, 15) is 31.2 Å². The summed E-state index contributed by atoms with van der Waals surface area (Å²) in [5.41, 5.74) is 0.222. The number of H-pyrrole nitrogens is 1. The summed E-state index contributed by atoms with van der Waals surface area (Å²) in [5, 5.41) is 2.63. The maximum atomic E-state index is 13.0. The van der Waals surface area contributed by atoms with Gasteiger partial charge >= 0.3 is 6.18 Å². The second-order valence-electron chi connectivity index (χ2n) is 8.42. The van der Waals surface area contributed by atoms with Gasteiger partial charge in [0.1, 0.15) is 5.56 Å². The molecular weight excluding hydrogens is 507 g/mol. The maximum absolute atomic E-state index is 13.0. The van der Waals surface area contributed by atoms with Gasteiger partial charge in [0.15, 0.2) is 0 Å². The van der Waals surface area contributed by atoms with E-state index < -0.39 is 33.1 Å². The van der Waals surface area contributed by atoms with Gasteiger partial charge in [-0.2, -0.15) is 13.2 Å². The standard InChI is InChI=1S/C26H22F3N3O4S/c1-16-4-2-5-17(12-16)10-11-30-25(34)22-15-31-23-9-8-20(14-21(23)24(22)33)37(35,36)32-19-7-3-6-18(13-19)26(27,28)29/h2-9,12-15,32H,10-11H2,1H3,(H,30,34)(H,31,33). The Morgan fingerprint density at radius 1 is 1.00 bits per heavy atom. The van der Waals surface area contributed by atoms with Gasteiger partial charge in [0.25, 0.3) is 15.9 Å². The number of alkyl halides is 3. The molecule has 0 saturated carbocycles. The number of pyridine rings is 1. The van der Waals surface area contributed by atoms with Crippen molar-refractivity contribution in [2.75, 3.05) is 11.3 Å². The van der Waals surface area contributed by atoms with E-state index in [0.717, 1.165) is 29.3 Å². The van der Waals surface area contributed by atoms with Gasteiger partial charge < -0.3 is 10.3 Å². The lowest BCUT2D eigenvalue weighted by atomic mass is 10.1. The SMILES string of the molecule is Cc1cccc(CCNC(=O)c2c[nH]c3ccc(S(=O)(=O)Nc4cccc(C(F)(F)F)c4)cc3c2=O)c1. The van der Waals surface area contributed by atoms with Crippen LogP contribution in [0.2, 0.25) is 0 Å². The molecule has 0 spiro atoms. The summed E-state index contributed by atoms with van der Waals surface area (Å²) in [6, 6.07) is 15.2. The Labute approximate surface area is 210 Å². The fourth-order valence-electron chi connectivity index (χ4n) is 3.79. The van der Waals surface area contributed by atoms with E-state index >= 15 is 0 Å². The van der Waals surface area contributed by atoms with E-state index in [0.29, 0.717) is 18.0 Å². The molecule has 0 bridgehead atoms. The Bertz CT molecular complexity index is 1650. The molecule has 0 aliphatic rings. The molecule has 0 unspecified atom stereocenters. The summed E-state index contributed by atoms with van der Waals surface area (Å²) in [4.78, 5) is 28.1. The average Bonchev–Trinajstić information content (AvgIpc) is 2.83. The van der Waals surface area contributed by atoms with E-state index in [1.54, 1.807) is 0 Å². The zero-order valence-electron chi connectivity index (χ0n) is 19.5. The predicted octanol–water partition coefficient (Wildman–Crippen LogP) is 4.63. The third-order valence-electron chi connectivity index (χ3n) is 5.63. The van der Waals surface area contributed by atoms with Gasteiger partial charge in [-0.15, -0.1) is 0 Å². The van der Waals surface area contributed by atoms with Crippen molar-refractivity contribution in [3.8, 4) is 0 Å². The first-order chi connectivity index (χ1) is 17.4. The number of rotatable bonds is 7. The zero-order valence-corrected chi connectivity index (χ0v) is 20.3. The van der Waals surface area contributed by atoms with Gasteiger partial charge in [-0.25, -0.2) is 8.42 Å². The molecule has 1 aromatic heterocycles. The third-order valence-corrected chi connectivity index (χ3v) is 7.01. The van der Waals surface area contributed by atoms with Gasteiger partial charge in [0, 0.05) is 29.3 Å². The van der Waals surface area contributed by atoms with Crippen LogP contribution in [-0.4, -0.2) is 25.9 Å². The van der Waals surface area contributed by atoms with Crippen LogP contribution in [0.5, 0.6) is 0 Å². The molecule has 3 aromatic carbocycles. The number of carbonyl (C=O) groups is 1. The number of aromatic nitrogens is 1. The predicted molar refractivity (Wildman–Crippen MR) is 134 cm³/mol. The number of halogens is 3. The average molecular weight is 530 g/mol. The Morgan fingerprint density at radius 3 is 2.49 bits per heavy atom. The van der Waals surface area contributed by atoms with Crippen LogP contribution < -0.4 is 15.5 Å². The molecule has 0 radical (unpaired) electrons. The molecule has 0 aliphatic carbocycles. The minimum Gasteiger partial charge on any atom is -0.360 e. The Hall–Kier alpha value is -4.12. The molecule has 4 rings (SSSR count). The Kier molecular flexibility index (Phi) is 7.08. The molecule has 0 saturated heterocycles. The highest BCUT2D eigenvalue weighted by molar-refractivity contribution is 7.92. The number of anilines is 1. The van der Waals surface area contributed by atoms with Crippen molar-refractivity contribution in [2.24, 2.45) is 0 Å². The van der Waals surface area contributed by atoms with Gasteiger partial charge in [0.05, 0.1) is 10.5 Å². The van der Waals surface area contributed by atoms with Crippen LogP contribution in [0.15, 0.2) is 82.6 Å². The third kappa shape index (κ3) is 6.00. The number of sulfonamides is 1. The first kappa shape index (κ1) is 26.0. The second kappa shape index (κ2) is 10.1. The van der Waals surface area contributed by atoms with Crippen molar-refractivity contribution in [3.05, 3.63) is 105 Å². The minimum absolute atomic E-state index is 0.0572. The summed E-state index contributed by atoms with van der Waals surface area (Å²) in [6.45, 7) is 2.25. The number of aromatic amines is 1. The number of hydrogen-bond donors (Lipinski definition) is 3. The molecule has 11 heteroatoms. The van der Waals surface area contributed by atoms with Crippen LogP contribution in [0.25, 0.3) is 10.9 Å². The summed E-state index contributed by atoms with van der Waals surface area (Å²) in [6.07, 6.45) is -2.83. The van der Waals surface area contributed by atoms with E-state index in [1.807, 2.05) is 31.2 Å². The van der Waals surface area contributed by atoms with Gasteiger partial charge in [-0.05, 0) is 55.3 Å². The molecule has 0 atom stereocenters. The van der Waals surface area contributed by atoms with E-state index in [-0.39, 0.29) is 28.1 Å². The number of benzene rings is 3. The van der Waals surface area contributed by atoms with E-state index in [4.69, 9.17) is 0 Å². The van der Waals surface area contributed by atoms with E-state index in [1.165, 1.54) is 24.4 Å². The van der Waals surface area contributed by atoms with Crippen molar-refractivity contribution in [1.82, 2.24) is 10.3 Å². The lowest BCUT2D eigenvalue weighted by Crippen LogP contribution is -2.30. The monoisotopic (exact) mass is 529 g/mol. The zero-order chi connectivity index (χ0) is 26.8. The van der Waals surface area contributed by atoms with Gasteiger partial charge in [0.2, 0.25) is 5.43 Å². The fraction of sp³-hybridized carbons (Fsp3) is 0.154. The van der Waals surface area contributed by atoms with Crippen molar-refractivity contribution in [3.63, 3.8) is 0 Å². The summed E-state index contributed by atoms with van der Waals surface area (Å²) in [7, 11) is -4.34. The highest BCUT2D eigenvalue weighted by Crippen LogP contribution is 2.31. The molecule has 192 valence electrons. The Balaban J connectivity index is 1.56. The van der Waals surface area contributed by atoms with Crippen LogP contribution >= 0.6 is 0 Å². The van der Waals surface area contributed by atoms with Crippen LogP contribution in [-0.2, 0) is 22.6 Å². The number of hydrogen-bond acceptors (Lipinski definition) is 4. The fourth-order valence-corrected chi connectivity index (χ4v) is 4.87. The largest absolute Gasteiger partial charge is 0.416 e. The molecule has 0 aliphatic heterocycles. The summed E-state index contributed by atoms with van der Waals surface area (Å²) < 4.78 is 66.7. The maximum Gasteiger partial charge on any atom is 0.416 e. The smallest absolute Gasteiger partial charge is 0.360 e. The number of carbonyl (C=O) groups excluding carboxylic acids is 1. The second-order valence-corrected chi connectivity index (χ2v) is 10.1. The first-order valence-electron chi connectivity index (χ1n) is 11.1. The normalized spacial score (nSPS) is 11.9. The molecule has 1 amide bonds. The first-order valence-corrected chi connectivity index (χ1v) is 12.6. The molecule has 7 nitrogen and oxygen atoms in total. The van der Waals surface area contributed by atoms with Crippen LogP contribution in [0.3, 0.4) is 0 Å². The highest BCUT2D eigenvalue weighted by atomic mass is 32.2. The number of nitrogens with one attached hydrogen (secondary N) is 3. The molecule has 0 fully saturated rings. The number of amides is 1. The molecule has 3 N–H and O–H groups in total. The van der Waals surface area contributed by atoms with Crippen LogP contribution in [0, 0.1) is 6.92 Å². The summed E-state index contributed by atoms with van der Waals surface area (Å²) >= 11 is 0. The van der Waals surface area contributed by atoms with Crippen molar-refractivity contribution < 1.29 is 26.4 Å². The van der Waals surface area contributed by atoms with Crippen molar-refractivity contribution >= 4 is 32.5 Å². The molecule has 1 heterocycles. The lowest BCUT2D eigenvalue weighted by Gasteiger charge is -2.12. The minimum atomic E-state index is -4.64. The molecular formula is C26H22F3N3O4S. The quantitative estimate of drug-likeness (QED) is 0.324. The van der Waals surface area contributed by atoms with Crippen LogP contribution in [0.1, 0.15) is 27.0 Å². The van der Waals surface area contributed by atoms with Gasteiger partial charge in [-0.1, -0.05) is 35.9 Å². The van der Waals surface area contributed by atoms with E-state index in [2.05, 4.69) is 15.0 Å². The lowest BCUT2D eigenvalue weighted by molar-refractivity contribution is -0.137. The van der Waals surface area contributed by atoms with Crippen molar-refractivity contribution in [2.45, 2.75) is 24.4 Å². The Morgan fingerprint density at radius 2 is 1.76 bits per heavy atom. The van der Waals surface area contributed by atoms with Gasteiger partial charge in [-0.3, -0.25) is 14.3 Å². The van der Waals surface area contributed by atoms with Crippen LogP contribution in [0.4, 0.5) is 18.9 Å². The number of fused-ring (bicyclic) bond motifs is 1. The number of aryl methyl sites for hydroxylation is 1. The topological polar surface area (TPSA) is 108 Å².